The average Bonchev–Trinajstić information content (AvgIpc) is 2.77. The summed E-state index contributed by atoms with van der Waals surface area (Å²) in [5.41, 5.74) is 7.97. The zero-order valence-electron chi connectivity index (χ0n) is 16.1. The lowest BCUT2D eigenvalue weighted by molar-refractivity contribution is -0.0513. The molecule has 0 atom stereocenters. The SMILES string of the molecule is NNc1nccc2nc(-c3ccc([C]4CC(F)(F)C4)cc3)c(-c3ccccc3)cc12. The minimum atomic E-state index is -2.56. The molecule has 1 radical (unpaired) electrons. The summed E-state index contributed by atoms with van der Waals surface area (Å²) < 4.78 is 26.4. The van der Waals surface area contributed by atoms with E-state index in [0.717, 1.165) is 44.8 Å². The fourth-order valence-corrected chi connectivity index (χ4v) is 3.91. The van der Waals surface area contributed by atoms with E-state index in [2.05, 4.69) is 10.4 Å². The summed E-state index contributed by atoms with van der Waals surface area (Å²) in [6.07, 6.45) is 1.35. The van der Waals surface area contributed by atoms with Crippen LogP contribution >= 0.6 is 0 Å². The minimum Gasteiger partial charge on any atom is -0.308 e. The summed E-state index contributed by atoms with van der Waals surface area (Å²) in [5, 5.41) is 0.825. The number of rotatable bonds is 4. The van der Waals surface area contributed by atoms with Crippen LogP contribution in [0.1, 0.15) is 18.4 Å². The Morgan fingerprint density at radius 2 is 1.57 bits per heavy atom. The number of alkyl halides is 2. The van der Waals surface area contributed by atoms with Gasteiger partial charge in [-0.25, -0.2) is 24.6 Å². The Morgan fingerprint density at radius 3 is 2.23 bits per heavy atom. The maximum absolute atomic E-state index is 13.2. The smallest absolute Gasteiger partial charge is 0.249 e. The van der Waals surface area contributed by atoms with Gasteiger partial charge in [0.15, 0.2) is 0 Å². The van der Waals surface area contributed by atoms with Gasteiger partial charge in [0.1, 0.15) is 5.82 Å². The van der Waals surface area contributed by atoms with Crippen LogP contribution in [-0.2, 0) is 0 Å². The third kappa shape index (κ3) is 3.29. The van der Waals surface area contributed by atoms with Crippen molar-refractivity contribution in [2.24, 2.45) is 5.84 Å². The molecule has 4 nitrogen and oxygen atoms in total. The Kier molecular flexibility index (Phi) is 4.44. The fourth-order valence-electron chi connectivity index (χ4n) is 3.91. The summed E-state index contributed by atoms with van der Waals surface area (Å²) in [7, 11) is 0. The maximum Gasteiger partial charge on any atom is 0.249 e. The molecule has 5 rings (SSSR count). The summed E-state index contributed by atoms with van der Waals surface area (Å²) in [4.78, 5) is 9.18. The second-order valence-corrected chi connectivity index (χ2v) is 7.51. The number of halogens is 2. The Hall–Kier alpha value is -3.38. The molecule has 0 saturated heterocycles. The predicted molar refractivity (Wildman–Crippen MR) is 115 cm³/mol. The van der Waals surface area contributed by atoms with Gasteiger partial charge < -0.3 is 5.43 Å². The van der Waals surface area contributed by atoms with Gasteiger partial charge in [-0.2, -0.15) is 0 Å². The number of nitrogens with one attached hydrogen (secondary N) is 1. The molecule has 1 saturated carbocycles. The normalized spacial score (nSPS) is 15.7. The topological polar surface area (TPSA) is 63.8 Å². The van der Waals surface area contributed by atoms with E-state index in [4.69, 9.17) is 10.8 Å². The zero-order valence-corrected chi connectivity index (χ0v) is 16.1. The van der Waals surface area contributed by atoms with Gasteiger partial charge in [0.25, 0.3) is 0 Å². The van der Waals surface area contributed by atoms with Crippen LogP contribution in [0.2, 0.25) is 0 Å². The number of benzene rings is 2. The van der Waals surface area contributed by atoms with Gasteiger partial charge in [0.05, 0.1) is 11.2 Å². The van der Waals surface area contributed by atoms with Crippen LogP contribution in [0.25, 0.3) is 33.3 Å². The van der Waals surface area contributed by atoms with E-state index in [1.165, 1.54) is 0 Å². The van der Waals surface area contributed by atoms with Gasteiger partial charge in [0.2, 0.25) is 5.92 Å². The van der Waals surface area contributed by atoms with Crippen LogP contribution in [-0.4, -0.2) is 15.9 Å². The van der Waals surface area contributed by atoms with Crippen molar-refractivity contribution in [1.29, 1.82) is 0 Å². The van der Waals surface area contributed by atoms with Crippen molar-refractivity contribution in [2.75, 3.05) is 5.43 Å². The van der Waals surface area contributed by atoms with Crippen molar-refractivity contribution >= 4 is 16.7 Å². The van der Waals surface area contributed by atoms with Gasteiger partial charge in [-0.05, 0) is 23.3 Å². The third-order valence-electron chi connectivity index (χ3n) is 5.48. The molecule has 4 aromatic rings. The van der Waals surface area contributed by atoms with Crippen molar-refractivity contribution in [1.82, 2.24) is 9.97 Å². The molecule has 1 aliphatic carbocycles. The van der Waals surface area contributed by atoms with E-state index < -0.39 is 5.92 Å². The number of aromatic nitrogens is 2. The number of hydrazine groups is 1. The Morgan fingerprint density at radius 1 is 0.867 bits per heavy atom. The van der Waals surface area contributed by atoms with Crippen LogP contribution in [0.15, 0.2) is 72.9 Å². The van der Waals surface area contributed by atoms with Crippen LogP contribution in [0.3, 0.4) is 0 Å². The molecule has 0 spiro atoms. The molecule has 0 unspecified atom stereocenters. The number of fused-ring (bicyclic) bond motifs is 1. The zero-order chi connectivity index (χ0) is 20.7. The number of hydrogen-bond acceptors (Lipinski definition) is 4. The standard InChI is InChI=1S/C24H19F2N4/c25-24(26)13-18(14-24)15-6-8-17(9-7-15)22-19(16-4-2-1-3-5-16)12-20-21(29-22)10-11-28-23(20)30-27/h1-12H,13-14,27H2,(H,28,30). The number of pyridine rings is 2. The molecule has 1 fully saturated rings. The summed E-state index contributed by atoms with van der Waals surface area (Å²) in [6, 6.07) is 21.5. The third-order valence-corrected chi connectivity index (χ3v) is 5.48. The molecular formula is C24H19F2N4. The molecule has 2 heterocycles. The molecular weight excluding hydrogens is 382 g/mol. The molecule has 0 bridgehead atoms. The highest BCUT2D eigenvalue weighted by atomic mass is 19.3. The highest BCUT2D eigenvalue weighted by molar-refractivity contribution is 5.96. The highest BCUT2D eigenvalue weighted by Crippen LogP contribution is 2.47. The second-order valence-electron chi connectivity index (χ2n) is 7.51. The van der Waals surface area contributed by atoms with E-state index in [1.54, 1.807) is 6.20 Å². The number of nitrogen functional groups attached to an aromatic ring is 1. The first-order valence-corrected chi connectivity index (χ1v) is 9.69. The molecule has 1 aliphatic rings. The van der Waals surface area contributed by atoms with E-state index in [0.29, 0.717) is 5.82 Å². The van der Waals surface area contributed by atoms with E-state index in [1.807, 2.05) is 66.7 Å². The lowest BCUT2D eigenvalue weighted by Crippen LogP contribution is -2.34. The number of anilines is 1. The number of nitrogens with zero attached hydrogens (tertiary/aromatic N) is 2. The first-order chi connectivity index (χ1) is 14.5. The van der Waals surface area contributed by atoms with Crippen LogP contribution in [0, 0.1) is 5.92 Å². The fraction of sp³-hybridized carbons (Fsp3) is 0.125. The maximum atomic E-state index is 13.2. The minimum absolute atomic E-state index is 0.155. The lowest BCUT2D eigenvalue weighted by atomic mass is 9.76. The van der Waals surface area contributed by atoms with Crippen molar-refractivity contribution in [3.63, 3.8) is 0 Å². The van der Waals surface area contributed by atoms with Crippen molar-refractivity contribution < 1.29 is 8.78 Å². The molecule has 0 aliphatic heterocycles. The number of nitrogens with two attached hydrogens (primary N) is 1. The molecule has 3 N–H and O–H groups in total. The summed E-state index contributed by atoms with van der Waals surface area (Å²) in [6.45, 7) is 0. The Bertz CT molecular complexity index is 1200. The average molecular weight is 401 g/mol. The van der Waals surface area contributed by atoms with Gasteiger partial charge in [-0.1, -0.05) is 54.6 Å². The number of hydrogen-bond donors (Lipinski definition) is 2. The predicted octanol–water partition coefficient (Wildman–Crippen LogP) is 5.60. The van der Waals surface area contributed by atoms with Gasteiger partial charge in [-0.15, -0.1) is 0 Å². The highest BCUT2D eigenvalue weighted by Gasteiger charge is 2.46. The van der Waals surface area contributed by atoms with Crippen molar-refractivity contribution in [2.45, 2.75) is 18.8 Å². The van der Waals surface area contributed by atoms with E-state index in [9.17, 15) is 8.78 Å². The largest absolute Gasteiger partial charge is 0.308 e. The Balaban J connectivity index is 1.62. The Labute approximate surface area is 172 Å². The first kappa shape index (κ1) is 18.6. The van der Waals surface area contributed by atoms with E-state index >= 15 is 0 Å². The monoisotopic (exact) mass is 401 g/mol. The lowest BCUT2D eigenvalue weighted by Gasteiger charge is -2.34. The van der Waals surface area contributed by atoms with Crippen LogP contribution in [0.5, 0.6) is 0 Å². The van der Waals surface area contributed by atoms with Crippen LogP contribution in [0.4, 0.5) is 14.6 Å². The molecule has 30 heavy (non-hydrogen) atoms. The molecule has 2 aromatic heterocycles. The molecule has 149 valence electrons. The quantitative estimate of drug-likeness (QED) is 0.345. The molecule has 2 aromatic carbocycles. The molecule has 6 heteroatoms. The van der Waals surface area contributed by atoms with E-state index in [-0.39, 0.29) is 12.8 Å². The summed E-state index contributed by atoms with van der Waals surface area (Å²) in [5.74, 6) is 4.44. The van der Waals surface area contributed by atoms with Gasteiger partial charge >= 0.3 is 0 Å². The summed E-state index contributed by atoms with van der Waals surface area (Å²) >= 11 is 0. The second kappa shape index (κ2) is 7.15. The van der Waals surface area contributed by atoms with Gasteiger partial charge in [0, 0.05) is 41.5 Å². The van der Waals surface area contributed by atoms with Crippen molar-refractivity contribution in [3.05, 3.63) is 84.4 Å². The molecule has 0 amide bonds. The van der Waals surface area contributed by atoms with Crippen molar-refractivity contribution in [3.8, 4) is 22.4 Å². The van der Waals surface area contributed by atoms with Gasteiger partial charge in [-0.3, -0.25) is 0 Å². The van der Waals surface area contributed by atoms with Crippen LogP contribution < -0.4 is 11.3 Å². The first-order valence-electron chi connectivity index (χ1n) is 9.69.